The maximum Gasteiger partial charge on any atom is 0.243 e. The minimum atomic E-state index is -3.94. The molecule has 1 aliphatic carbocycles. The van der Waals surface area contributed by atoms with Crippen LogP contribution in [0.5, 0.6) is 0 Å². The maximum absolute atomic E-state index is 14.6. The molecule has 1 aromatic carbocycles. The van der Waals surface area contributed by atoms with Crippen molar-refractivity contribution in [2.24, 2.45) is 5.41 Å². The lowest BCUT2D eigenvalue weighted by molar-refractivity contribution is 0.149. The molecule has 0 unspecified atom stereocenters. The Kier molecular flexibility index (Phi) is 14.2. The van der Waals surface area contributed by atoms with Crippen molar-refractivity contribution in [3.63, 3.8) is 0 Å². The third-order valence-corrected chi connectivity index (χ3v) is 12.2. The molecule has 0 amide bonds. The lowest BCUT2D eigenvalue weighted by Gasteiger charge is -2.38. The molecular weight excluding hydrogens is 608 g/mol. The number of rotatable bonds is 18. The van der Waals surface area contributed by atoms with Gasteiger partial charge in [0, 0.05) is 48.6 Å². The average Bonchev–Trinajstić information content (AvgIpc) is 3.74. The first kappa shape index (κ1) is 36.2. The highest BCUT2D eigenvalue weighted by atomic mass is 35.5. The lowest BCUT2D eigenvalue weighted by Crippen LogP contribution is -2.45. The standard InChI is InChI=1S/C33H50ClF2N3O2S2/c1-6-9-10-32(26(4)22-29(36)23-27(5)35)39(43(40,41)31-13-11-28(34)12-14-31)24-33(17-18-33)25-42-38-20-15-30(16-21-38)37(8-3)19-7-2/h11-14,22-23,30,32H,5-10,15-21,24-25H2,1-4H3/b26-22+,29-23+/t32-/m0/s1. The molecule has 3 rings (SSSR count). The quantitative estimate of drug-likeness (QED) is 0.117. The molecular formula is C33H50ClF2N3O2S2. The van der Waals surface area contributed by atoms with Crippen LogP contribution in [0.25, 0.3) is 0 Å². The Morgan fingerprint density at radius 1 is 1.14 bits per heavy atom. The molecule has 1 saturated carbocycles. The zero-order chi connectivity index (χ0) is 31.6. The second-order valence-corrected chi connectivity index (χ2v) is 15.5. The lowest BCUT2D eigenvalue weighted by atomic mass is 10.00. The van der Waals surface area contributed by atoms with Crippen molar-refractivity contribution in [2.75, 3.05) is 38.5 Å². The van der Waals surface area contributed by atoms with Gasteiger partial charge in [-0.3, -0.25) is 4.31 Å². The number of nitrogens with zero attached hydrogens (tertiary/aromatic N) is 3. The summed E-state index contributed by atoms with van der Waals surface area (Å²) in [5, 5.41) is 0.457. The van der Waals surface area contributed by atoms with Gasteiger partial charge in [-0.25, -0.2) is 17.2 Å². The monoisotopic (exact) mass is 657 g/mol. The van der Waals surface area contributed by atoms with Crippen LogP contribution >= 0.6 is 23.5 Å². The number of benzene rings is 1. The molecule has 0 aromatic heterocycles. The molecule has 1 aliphatic heterocycles. The third-order valence-electron chi connectivity index (χ3n) is 8.64. The highest BCUT2D eigenvalue weighted by Gasteiger charge is 2.48. The largest absolute Gasteiger partial charge is 0.301 e. The first-order chi connectivity index (χ1) is 20.4. The number of hydrogen-bond donors (Lipinski definition) is 0. The van der Waals surface area contributed by atoms with Gasteiger partial charge in [-0.15, -0.1) is 0 Å². The second-order valence-electron chi connectivity index (χ2n) is 12.1. The molecule has 0 bridgehead atoms. The summed E-state index contributed by atoms with van der Waals surface area (Å²) in [6.45, 7) is 16.0. The molecule has 1 saturated heterocycles. The summed E-state index contributed by atoms with van der Waals surface area (Å²) < 4.78 is 60.5. The van der Waals surface area contributed by atoms with Crippen LogP contribution in [0, 0.1) is 5.41 Å². The summed E-state index contributed by atoms with van der Waals surface area (Å²) in [6.07, 6.45) is 9.51. The Balaban J connectivity index is 1.84. The SMILES string of the molecule is C=C(F)/C=C(F)\C=C(/C)[C@H](CCCC)N(CC1(CSN2CCC(N(CC)CCC)CC2)CC1)S(=O)(=O)c1ccc(Cl)cc1. The third kappa shape index (κ3) is 10.7. The molecule has 2 aliphatic rings. The van der Waals surface area contributed by atoms with Crippen LogP contribution < -0.4 is 0 Å². The van der Waals surface area contributed by atoms with Crippen LogP contribution in [0.3, 0.4) is 0 Å². The van der Waals surface area contributed by atoms with Crippen LogP contribution in [0.2, 0.25) is 5.02 Å². The van der Waals surface area contributed by atoms with Gasteiger partial charge in [0.05, 0.1) is 4.90 Å². The van der Waals surface area contributed by atoms with E-state index in [1.807, 2.05) is 18.9 Å². The molecule has 2 fully saturated rings. The topological polar surface area (TPSA) is 43.9 Å². The summed E-state index contributed by atoms with van der Waals surface area (Å²) in [5.41, 5.74) is 0.393. The summed E-state index contributed by atoms with van der Waals surface area (Å²) in [5.74, 6) is -0.824. The minimum Gasteiger partial charge on any atom is -0.301 e. The van der Waals surface area contributed by atoms with Crippen molar-refractivity contribution < 1.29 is 17.2 Å². The molecule has 0 N–H and O–H groups in total. The van der Waals surface area contributed by atoms with Gasteiger partial charge in [-0.05, 0) is 94.3 Å². The van der Waals surface area contributed by atoms with Gasteiger partial charge in [0.2, 0.25) is 10.0 Å². The molecule has 242 valence electrons. The zero-order valence-corrected chi connectivity index (χ0v) is 28.7. The molecule has 1 aromatic rings. The smallest absolute Gasteiger partial charge is 0.243 e. The van der Waals surface area contributed by atoms with Crippen molar-refractivity contribution in [2.45, 2.75) is 96.0 Å². The van der Waals surface area contributed by atoms with Crippen molar-refractivity contribution in [1.29, 1.82) is 0 Å². The summed E-state index contributed by atoms with van der Waals surface area (Å²) in [6, 6.07) is 6.30. The maximum atomic E-state index is 14.6. The van der Waals surface area contributed by atoms with E-state index in [0.717, 1.165) is 76.5 Å². The average molecular weight is 658 g/mol. The van der Waals surface area contributed by atoms with E-state index in [2.05, 4.69) is 29.6 Å². The first-order valence-corrected chi connectivity index (χ1v) is 18.5. The fraction of sp³-hybridized carbons (Fsp3) is 0.636. The zero-order valence-electron chi connectivity index (χ0n) is 26.3. The molecule has 1 heterocycles. The fourth-order valence-corrected chi connectivity index (χ4v) is 9.14. The van der Waals surface area contributed by atoms with E-state index in [4.69, 9.17) is 11.6 Å². The first-order valence-electron chi connectivity index (χ1n) is 15.7. The number of hydrogen-bond acceptors (Lipinski definition) is 5. The molecule has 5 nitrogen and oxygen atoms in total. The van der Waals surface area contributed by atoms with Gasteiger partial charge in [-0.1, -0.05) is 69.3 Å². The normalized spacial score (nSPS) is 19.3. The number of piperidine rings is 1. The van der Waals surface area contributed by atoms with Crippen molar-refractivity contribution in [3.8, 4) is 0 Å². The Morgan fingerprint density at radius 3 is 2.33 bits per heavy atom. The Labute approximate surface area is 268 Å². The minimum absolute atomic E-state index is 0.148. The van der Waals surface area contributed by atoms with E-state index in [1.165, 1.54) is 24.6 Å². The highest BCUT2D eigenvalue weighted by molar-refractivity contribution is 7.97. The molecule has 10 heteroatoms. The van der Waals surface area contributed by atoms with Gasteiger partial charge >= 0.3 is 0 Å². The van der Waals surface area contributed by atoms with Gasteiger partial charge in [0.25, 0.3) is 0 Å². The van der Waals surface area contributed by atoms with Crippen LogP contribution in [-0.4, -0.2) is 72.5 Å². The molecule has 1 atom stereocenters. The molecule has 0 spiro atoms. The number of unbranched alkanes of at least 4 members (excludes halogenated alkanes) is 1. The van der Waals surface area contributed by atoms with Crippen LogP contribution in [0.4, 0.5) is 8.78 Å². The van der Waals surface area contributed by atoms with Gasteiger partial charge in [-0.2, -0.15) is 4.31 Å². The molecule has 43 heavy (non-hydrogen) atoms. The Bertz CT molecular complexity index is 1210. The second kappa shape index (κ2) is 16.9. The van der Waals surface area contributed by atoms with Crippen LogP contribution in [-0.2, 0) is 10.0 Å². The van der Waals surface area contributed by atoms with E-state index < -0.39 is 27.7 Å². The van der Waals surface area contributed by atoms with Crippen molar-refractivity contribution in [1.82, 2.24) is 13.5 Å². The predicted octanol–water partition coefficient (Wildman–Crippen LogP) is 8.80. The predicted molar refractivity (Wildman–Crippen MR) is 178 cm³/mol. The fourth-order valence-electron chi connectivity index (χ4n) is 5.91. The summed E-state index contributed by atoms with van der Waals surface area (Å²) in [4.78, 5) is 2.76. The Hall–Kier alpha value is -1.23. The molecule has 0 radical (unpaired) electrons. The van der Waals surface area contributed by atoms with Gasteiger partial charge in [0.15, 0.2) is 0 Å². The van der Waals surface area contributed by atoms with Crippen molar-refractivity contribution >= 4 is 33.6 Å². The number of allylic oxidation sites excluding steroid dienone is 4. The van der Waals surface area contributed by atoms with E-state index in [9.17, 15) is 17.2 Å². The van der Waals surface area contributed by atoms with E-state index in [-0.39, 0.29) is 10.3 Å². The number of halogens is 3. The van der Waals surface area contributed by atoms with Crippen molar-refractivity contribution in [3.05, 3.63) is 65.2 Å². The van der Waals surface area contributed by atoms with E-state index >= 15 is 0 Å². The van der Waals surface area contributed by atoms with Gasteiger partial charge < -0.3 is 4.90 Å². The van der Waals surface area contributed by atoms with E-state index in [0.29, 0.717) is 29.6 Å². The van der Waals surface area contributed by atoms with Crippen LogP contribution in [0.15, 0.2) is 65.1 Å². The summed E-state index contributed by atoms with van der Waals surface area (Å²) in [7, 11) is -3.94. The number of sulfonamides is 1. The van der Waals surface area contributed by atoms with Gasteiger partial charge in [0.1, 0.15) is 11.7 Å². The highest BCUT2D eigenvalue weighted by Crippen LogP contribution is 2.50. The summed E-state index contributed by atoms with van der Waals surface area (Å²) >= 11 is 7.94. The van der Waals surface area contributed by atoms with E-state index in [1.54, 1.807) is 23.4 Å². The van der Waals surface area contributed by atoms with Crippen LogP contribution in [0.1, 0.15) is 79.1 Å². The Morgan fingerprint density at radius 2 is 1.79 bits per heavy atom.